The number of thioether (sulfide) groups is 1. The number of aromatic nitrogens is 1. The molecule has 0 aliphatic rings. The standard InChI is InChI=1S/C11H11ClN2S2/c12-9-2-1-4-14-11(9)16-10(6-13)8-3-5-15-7-8/h1-5,7,10H,6,13H2. The molecule has 16 heavy (non-hydrogen) atoms. The first-order chi connectivity index (χ1) is 7.81. The molecule has 0 fully saturated rings. The number of halogens is 1. The van der Waals surface area contributed by atoms with Crippen LogP contribution in [0.2, 0.25) is 5.02 Å². The number of hydrogen-bond donors (Lipinski definition) is 1. The molecular formula is C11H11ClN2S2. The summed E-state index contributed by atoms with van der Waals surface area (Å²) in [5, 5.41) is 5.91. The fourth-order valence-corrected chi connectivity index (χ4v) is 3.31. The van der Waals surface area contributed by atoms with Crippen LogP contribution in [0.25, 0.3) is 0 Å². The summed E-state index contributed by atoms with van der Waals surface area (Å²) < 4.78 is 0. The largest absolute Gasteiger partial charge is 0.329 e. The smallest absolute Gasteiger partial charge is 0.115 e. The van der Waals surface area contributed by atoms with Gasteiger partial charge < -0.3 is 5.73 Å². The van der Waals surface area contributed by atoms with Gasteiger partial charge in [0.15, 0.2) is 0 Å². The van der Waals surface area contributed by atoms with Crippen LogP contribution in [-0.2, 0) is 0 Å². The van der Waals surface area contributed by atoms with Gasteiger partial charge >= 0.3 is 0 Å². The molecule has 0 aliphatic heterocycles. The van der Waals surface area contributed by atoms with Crippen LogP contribution in [0.4, 0.5) is 0 Å². The van der Waals surface area contributed by atoms with Gasteiger partial charge in [0, 0.05) is 18.0 Å². The lowest BCUT2D eigenvalue weighted by atomic mass is 10.2. The average Bonchev–Trinajstić information content (AvgIpc) is 2.81. The number of thiophene rings is 1. The van der Waals surface area contributed by atoms with Crippen molar-refractivity contribution in [2.24, 2.45) is 5.73 Å². The fourth-order valence-electron chi connectivity index (χ4n) is 1.30. The highest BCUT2D eigenvalue weighted by Gasteiger charge is 2.14. The van der Waals surface area contributed by atoms with E-state index in [4.69, 9.17) is 17.3 Å². The minimum absolute atomic E-state index is 0.221. The first kappa shape index (κ1) is 11.9. The summed E-state index contributed by atoms with van der Waals surface area (Å²) >= 11 is 9.35. The highest BCUT2D eigenvalue weighted by atomic mass is 35.5. The SMILES string of the molecule is NCC(Sc1ncccc1Cl)c1ccsc1. The molecular weight excluding hydrogens is 260 g/mol. The molecule has 2 aromatic heterocycles. The Morgan fingerprint density at radius 3 is 3.00 bits per heavy atom. The molecule has 2 N–H and O–H groups in total. The topological polar surface area (TPSA) is 38.9 Å². The maximum atomic E-state index is 6.07. The average molecular weight is 271 g/mol. The van der Waals surface area contributed by atoms with Crippen LogP contribution in [0.3, 0.4) is 0 Å². The van der Waals surface area contributed by atoms with Gasteiger partial charge in [0.1, 0.15) is 5.03 Å². The van der Waals surface area contributed by atoms with Crippen LogP contribution in [-0.4, -0.2) is 11.5 Å². The molecule has 0 radical (unpaired) electrons. The Balaban J connectivity index is 2.17. The molecule has 2 aromatic rings. The molecule has 0 saturated heterocycles. The lowest BCUT2D eigenvalue weighted by Gasteiger charge is -2.12. The van der Waals surface area contributed by atoms with E-state index in [0.29, 0.717) is 11.6 Å². The lowest BCUT2D eigenvalue weighted by Crippen LogP contribution is -2.08. The molecule has 2 nitrogen and oxygen atoms in total. The first-order valence-corrected chi connectivity index (χ1v) is 7.00. The second-order valence-electron chi connectivity index (χ2n) is 3.19. The highest BCUT2D eigenvalue weighted by molar-refractivity contribution is 7.99. The number of rotatable bonds is 4. The molecule has 84 valence electrons. The van der Waals surface area contributed by atoms with Crippen molar-refractivity contribution >= 4 is 34.7 Å². The van der Waals surface area contributed by atoms with E-state index in [9.17, 15) is 0 Å². The predicted octanol–water partition coefficient (Wildman–Crippen LogP) is 3.59. The molecule has 1 atom stereocenters. The van der Waals surface area contributed by atoms with Crippen LogP contribution in [0.5, 0.6) is 0 Å². The van der Waals surface area contributed by atoms with Crippen molar-refractivity contribution in [3.8, 4) is 0 Å². The van der Waals surface area contributed by atoms with E-state index >= 15 is 0 Å². The summed E-state index contributed by atoms with van der Waals surface area (Å²) in [4.78, 5) is 4.25. The minimum Gasteiger partial charge on any atom is -0.329 e. The van der Waals surface area contributed by atoms with Crippen LogP contribution in [0.1, 0.15) is 10.8 Å². The predicted molar refractivity (Wildman–Crippen MR) is 71.2 cm³/mol. The molecule has 0 saturated carbocycles. The lowest BCUT2D eigenvalue weighted by molar-refractivity contribution is 0.940. The number of pyridine rings is 1. The highest BCUT2D eigenvalue weighted by Crippen LogP contribution is 2.37. The Bertz CT molecular complexity index is 445. The molecule has 1 unspecified atom stereocenters. The molecule has 0 aromatic carbocycles. The second-order valence-corrected chi connectivity index (χ2v) is 5.57. The van der Waals surface area contributed by atoms with Crippen LogP contribution in [0.15, 0.2) is 40.2 Å². The summed E-state index contributed by atoms with van der Waals surface area (Å²) in [6.45, 7) is 0.578. The Kier molecular flexibility index (Phi) is 4.23. The van der Waals surface area contributed by atoms with Crippen molar-refractivity contribution < 1.29 is 0 Å². The maximum Gasteiger partial charge on any atom is 0.115 e. The Morgan fingerprint density at radius 1 is 1.50 bits per heavy atom. The van der Waals surface area contributed by atoms with Gasteiger partial charge in [-0.15, -0.1) is 0 Å². The molecule has 0 spiro atoms. The van der Waals surface area contributed by atoms with Gasteiger partial charge in [0.25, 0.3) is 0 Å². The van der Waals surface area contributed by atoms with E-state index in [1.54, 1.807) is 29.3 Å². The molecule has 2 rings (SSSR count). The van der Waals surface area contributed by atoms with E-state index in [1.165, 1.54) is 5.56 Å². The van der Waals surface area contributed by atoms with E-state index in [2.05, 4.69) is 21.8 Å². The van der Waals surface area contributed by atoms with E-state index in [-0.39, 0.29) is 5.25 Å². The Hall–Kier alpha value is -0.550. The van der Waals surface area contributed by atoms with Gasteiger partial charge in [-0.25, -0.2) is 4.98 Å². The summed E-state index contributed by atoms with van der Waals surface area (Å²) in [5.74, 6) is 0. The van der Waals surface area contributed by atoms with E-state index < -0.39 is 0 Å². The maximum absolute atomic E-state index is 6.07. The molecule has 0 amide bonds. The zero-order chi connectivity index (χ0) is 11.4. The van der Waals surface area contributed by atoms with Crippen LogP contribution in [0, 0.1) is 0 Å². The van der Waals surface area contributed by atoms with Gasteiger partial charge in [-0.1, -0.05) is 23.4 Å². The van der Waals surface area contributed by atoms with E-state index in [0.717, 1.165) is 5.03 Å². The number of hydrogen-bond acceptors (Lipinski definition) is 4. The van der Waals surface area contributed by atoms with E-state index in [1.807, 2.05) is 12.1 Å². The zero-order valence-electron chi connectivity index (χ0n) is 8.47. The number of nitrogens with zero attached hydrogens (tertiary/aromatic N) is 1. The normalized spacial score (nSPS) is 12.6. The van der Waals surface area contributed by atoms with Gasteiger partial charge in [-0.3, -0.25) is 0 Å². The summed E-state index contributed by atoms with van der Waals surface area (Å²) in [7, 11) is 0. The monoisotopic (exact) mass is 270 g/mol. The van der Waals surface area contributed by atoms with Gasteiger partial charge in [0.2, 0.25) is 0 Å². The van der Waals surface area contributed by atoms with Gasteiger partial charge in [-0.05, 0) is 34.5 Å². The third kappa shape index (κ3) is 2.77. The molecule has 0 aliphatic carbocycles. The quantitative estimate of drug-likeness (QED) is 0.863. The van der Waals surface area contributed by atoms with Crippen molar-refractivity contribution in [3.05, 3.63) is 45.7 Å². The summed E-state index contributed by atoms with van der Waals surface area (Å²) in [5.41, 5.74) is 7.01. The third-order valence-electron chi connectivity index (χ3n) is 2.11. The van der Waals surface area contributed by atoms with Crippen molar-refractivity contribution in [2.75, 3.05) is 6.54 Å². The molecule has 5 heteroatoms. The Morgan fingerprint density at radius 2 is 2.38 bits per heavy atom. The molecule has 0 bridgehead atoms. The fraction of sp³-hybridized carbons (Fsp3) is 0.182. The molecule has 2 heterocycles. The van der Waals surface area contributed by atoms with Gasteiger partial charge in [-0.2, -0.15) is 11.3 Å². The number of nitrogens with two attached hydrogens (primary N) is 1. The zero-order valence-corrected chi connectivity index (χ0v) is 10.9. The minimum atomic E-state index is 0.221. The van der Waals surface area contributed by atoms with Crippen molar-refractivity contribution in [1.29, 1.82) is 0 Å². The third-order valence-corrected chi connectivity index (χ3v) is 4.52. The Labute approximate surface area is 108 Å². The summed E-state index contributed by atoms with van der Waals surface area (Å²) in [6.07, 6.45) is 1.75. The van der Waals surface area contributed by atoms with Crippen molar-refractivity contribution in [3.63, 3.8) is 0 Å². The summed E-state index contributed by atoms with van der Waals surface area (Å²) in [6, 6.07) is 5.76. The van der Waals surface area contributed by atoms with Crippen molar-refractivity contribution in [1.82, 2.24) is 4.98 Å². The van der Waals surface area contributed by atoms with Crippen LogP contribution >= 0.6 is 34.7 Å². The van der Waals surface area contributed by atoms with Crippen LogP contribution < -0.4 is 5.73 Å². The first-order valence-electron chi connectivity index (χ1n) is 4.80. The van der Waals surface area contributed by atoms with Gasteiger partial charge in [0.05, 0.1) is 5.02 Å². The van der Waals surface area contributed by atoms with Crippen molar-refractivity contribution in [2.45, 2.75) is 10.3 Å². The second kappa shape index (κ2) is 5.68.